The minimum Gasteiger partial charge on any atom is -0.489 e. The van der Waals surface area contributed by atoms with Gasteiger partial charge < -0.3 is 10.1 Å². The predicted octanol–water partition coefficient (Wildman–Crippen LogP) is 3.78. The Morgan fingerprint density at radius 1 is 1.11 bits per heavy atom. The van der Waals surface area contributed by atoms with Crippen molar-refractivity contribution in [2.45, 2.75) is 13.2 Å². The molecule has 2 aromatic carbocycles. The molecule has 0 aliphatic rings. The summed E-state index contributed by atoms with van der Waals surface area (Å²) in [5.41, 5.74) is 2.03. The third-order valence-electron chi connectivity index (χ3n) is 2.69. The monoisotopic (exact) mass is 279 g/mol. The molecule has 0 heterocycles. The Balaban J connectivity index is 1.96. The summed E-state index contributed by atoms with van der Waals surface area (Å²) in [5, 5.41) is 3.20. The van der Waals surface area contributed by atoms with Crippen LogP contribution in [0.15, 0.2) is 42.5 Å². The van der Waals surface area contributed by atoms with Crippen molar-refractivity contribution >= 4 is 11.6 Å². The summed E-state index contributed by atoms with van der Waals surface area (Å²) in [4.78, 5) is 0. The van der Waals surface area contributed by atoms with E-state index < -0.39 is 5.82 Å². The molecule has 0 spiro atoms. The van der Waals surface area contributed by atoms with Gasteiger partial charge in [-0.3, -0.25) is 0 Å². The molecule has 1 N–H and O–H groups in total. The molecule has 2 aromatic rings. The number of nitrogens with one attached hydrogen (secondary N) is 1. The van der Waals surface area contributed by atoms with Crippen LogP contribution in [0.3, 0.4) is 0 Å². The number of hydrogen-bond donors (Lipinski definition) is 1. The molecule has 0 bridgehead atoms. The van der Waals surface area contributed by atoms with Gasteiger partial charge in [0.2, 0.25) is 0 Å². The van der Waals surface area contributed by atoms with Crippen LogP contribution in [-0.4, -0.2) is 7.05 Å². The lowest BCUT2D eigenvalue weighted by atomic mass is 10.2. The highest BCUT2D eigenvalue weighted by Crippen LogP contribution is 2.18. The smallest absolute Gasteiger partial charge is 0.141 e. The van der Waals surface area contributed by atoms with Gasteiger partial charge in [0.25, 0.3) is 0 Å². The van der Waals surface area contributed by atoms with Gasteiger partial charge in [0, 0.05) is 6.54 Å². The van der Waals surface area contributed by atoms with Gasteiger partial charge in [-0.05, 0) is 42.4 Å². The summed E-state index contributed by atoms with van der Waals surface area (Å²) >= 11 is 5.71. The van der Waals surface area contributed by atoms with Crippen molar-refractivity contribution in [3.05, 3.63) is 64.4 Å². The van der Waals surface area contributed by atoms with Gasteiger partial charge in [0.05, 0.1) is 5.02 Å². The van der Waals surface area contributed by atoms with E-state index in [4.69, 9.17) is 16.3 Å². The Bertz CT molecular complexity index is 542. The third kappa shape index (κ3) is 3.94. The van der Waals surface area contributed by atoms with E-state index in [1.165, 1.54) is 11.6 Å². The number of rotatable bonds is 5. The van der Waals surface area contributed by atoms with Crippen LogP contribution in [0.1, 0.15) is 11.1 Å². The average Bonchev–Trinajstić information content (AvgIpc) is 2.42. The van der Waals surface area contributed by atoms with Gasteiger partial charge in [-0.2, -0.15) is 0 Å². The van der Waals surface area contributed by atoms with Crippen LogP contribution >= 0.6 is 11.6 Å². The van der Waals surface area contributed by atoms with Crippen LogP contribution in [0.5, 0.6) is 5.75 Å². The molecule has 100 valence electrons. The van der Waals surface area contributed by atoms with Crippen molar-refractivity contribution in [3.63, 3.8) is 0 Å². The molecule has 0 aromatic heterocycles. The fourth-order valence-electron chi connectivity index (χ4n) is 1.70. The van der Waals surface area contributed by atoms with Gasteiger partial charge in [0.15, 0.2) is 0 Å². The Kier molecular flexibility index (Phi) is 4.77. The molecule has 0 fully saturated rings. The summed E-state index contributed by atoms with van der Waals surface area (Å²) in [6.45, 7) is 1.19. The topological polar surface area (TPSA) is 21.3 Å². The fourth-order valence-corrected chi connectivity index (χ4v) is 1.91. The molecule has 19 heavy (non-hydrogen) atoms. The zero-order chi connectivity index (χ0) is 13.7. The maximum absolute atomic E-state index is 13.0. The van der Waals surface area contributed by atoms with Gasteiger partial charge in [-0.1, -0.05) is 29.8 Å². The summed E-state index contributed by atoms with van der Waals surface area (Å²) in [6.07, 6.45) is 0. The van der Waals surface area contributed by atoms with Gasteiger partial charge >= 0.3 is 0 Å². The molecule has 0 amide bonds. The predicted molar refractivity (Wildman–Crippen MR) is 74.9 cm³/mol. The Labute approximate surface area is 117 Å². The highest BCUT2D eigenvalue weighted by molar-refractivity contribution is 6.30. The van der Waals surface area contributed by atoms with Crippen LogP contribution in [0, 0.1) is 5.82 Å². The van der Waals surface area contributed by atoms with Crippen molar-refractivity contribution < 1.29 is 9.13 Å². The summed E-state index contributed by atoms with van der Waals surface area (Å²) in [6, 6.07) is 12.4. The first-order valence-corrected chi connectivity index (χ1v) is 6.37. The number of hydrogen-bond acceptors (Lipinski definition) is 2. The van der Waals surface area contributed by atoms with Crippen LogP contribution < -0.4 is 10.1 Å². The average molecular weight is 280 g/mol. The van der Waals surface area contributed by atoms with Crippen LogP contribution in [-0.2, 0) is 13.2 Å². The second kappa shape index (κ2) is 6.55. The van der Waals surface area contributed by atoms with E-state index in [9.17, 15) is 4.39 Å². The minimum absolute atomic E-state index is 0.116. The van der Waals surface area contributed by atoms with Crippen molar-refractivity contribution in [2.24, 2.45) is 0 Å². The second-order valence-electron chi connectivity index (χ2n) is 4.21. The molecule has 0 saturated heterocycles. The Morgan fingerprint density at radius 3 is 2.42 bits per heavy atom. The first kappa shape index (κ1) is 13.8. The first-order valence-electron chi connectivity index (χ1n) is 5.99. The third-order valence-corrected chi connectivity index (χ3v) is 2.98. The van der Waals surface area contributed by atoms with Crippen molar-refractivity contribution in [1.82, 2.24) is 5.32 Å². The molecule has 0 atom stereocenters. The highest BCUT2D eigenvalue weighted by Gasteiger charge is 2.02. The molecule has 0 aliphatic carbocycles. The molecule has 0 saturated carbocycles. The molecule has 4 heteroatoms. The summed E-state index contributed by atoms with van der Waals surface area (Å²) < 4.78 is 18.6. The molecule has 0 unspecified atom stereocenters. The quantitative estimate of drug-likeness (QED) is 0.899. The van der Waals surface area contributed by atoms with Crippen molar-refractivity contribution in [3.8, 4) is 5.75 Å². The molecule has 2 nitrogen and oxygen atoms in total. The molecular weight excluding hydrogens is 265 g/mol. The SMILES string of the molecule is CNCc1ccc(OCc2ccc(F)c(Cl)c2)cc1. The zero-order valence-corrected chi connectivity index (χ0v) is 11.4. The van der Waals surface area contributed by atoms with E-state index in [0.717, 1.165) is 17.9 Å². The molecule has 2 rings (SSSR count). The van der Waals surface area contributed by atoms with Gasteiger partial charge in [0.1, 0.15) is 18.2 Å². The van der Waals surface area contributed by atoms with Crippen LogP contribution in [0.25, 0.3) is 0 Å². The van der Waals surface area contributed by atoms with Crippen LogP contribution in [0.4, 0.5) is 4.39 Å². The standard InChI is InChI=1S/C15H15ClFNO/c1-18-9-11-2-5-13(6-3-11)19-10-12-4-7-15(17)14(16)8-12/h2-8,18H,9-10H2,1H3. The molecule has 0 radical (unpaired) electrons. The molecule has 0 aliphatic heterocycles. The summed E-state index contributed by atoms with van der Waals surface area (Å²) in [5.74, 6) is 0.363. The lowest BCUT2D eigenvalue weighted by Gasteiger charge is -2.08. The normalized spacial score (nSPS) is 10.5. The molecular formula is C15H15ClFNO. The van der Waals surface area contributed by atoms with E-state index in [-0.39, 0.29) is 5.02 Å². The van der Waals surface area contributed by atoms with E-state index in [2.05, 4.69) is 5.32 Å². The lowest BCUT2D eigenvalue weighted by molar-refractivity contribution is 0.306. The number of halogens is 2. The lowest BCUT2D eigenvalue weighted by Crippen LogP contribution is -2.04. The van der Waals surface area contributed by atoms with E-state index in [1.807, 2.05) is 31.3 Å². The fraction of sp³-hybridized carbons (Fsp3) is 0.200. The number of ether oxygens (including phenoxy) is 1. The maximum atomic E-state index is 13.0. The van der Waals surface area contributed by atoms with Gasteiger partial charge in [-0.15, -0.1) is 0 Å². The second-order valence-corrected chi connectivity index (χ2v) is 4.62. The minimum atomic E-state index is -0.415. The first-order chi connectivity index (χ1) is 9.19. The van der Waals surface area contributed by atoms with E-state index >= 15 is 0 Å². The highest BCUT2D eigenvalue weighted by atomic mass is 35.5. The largest absolute Gasteiger partial charge is 0.489 e. The number of benzene rings is 2. The Hall–Kier alpha value is -1.58. The van der Waals surface area contributed by atoms with Crippen molar-refractivity contribution in [2.75, 3.05) is 7.05 Å². The van der Waals surface area contributed by atoms with E-state index in [1.54, 1.807) is 12.1 Å². The maximum Gasteiger partial charge on any atom is 0.141 e. The van der Waals surface area contributed by atoms with E-state index in [0.29, 0.717) is 6.61 Å². The zero-order valence-electron chi connectivity index (χ0n) is 10.6. The van der Waals surface area contributed by atoms with Gasteiger partial charge in [-0.25, -0.2) is 4.39 Å². The Morgan fingerprint density at radius 2 is 1.79 bits per heavy atom. The summed E-state index contributed by atoms with van der Waals surface area (Å²) in [7, 11) is 1.91. The van der Waals surface area contributed by atoms with Crippen molar-refractivity contribution in [1.29, 1.82) is 0 Å². The van der Waals surface area contributed by atoms with Crippen LogP contribution in [0.2, 0.25) is 5.02 Å².